The van der Waals surface area contributed by atoms with Gasteiger partial charge in [0.2, 0.25) is 0 Å². The van der Waals surface area contributed by atoms with Crippen molar-refractivity contribution in [3.05, 3.63) is 57.0 Å². The van der Waals surface area contributed by atoms with Crippen LogP contribution in [0.3, 0.4) is 0 Å². The molecule has 0 amide bonds. The summed E-state index contributed by atoms with van der Waals surface area (Å²) in [7, 11) is 0. The van der Waals surface area contributed by atoms with Crippen molar-refractivity contribution in [1.29, 1.82) is 0 Å². The van der Waals surface area contributed by atoms with Crippen LogP contribution in [-0.4, -0.2) is 5.11 Å². The number of aryl methyl sites for hydroxylation is 5. The van der Waals surface area contributed by atoms with E-state index >= 15 is 0 Å². The molecule has 1 aromatic heterocycles. The van der Waals surface area contributed by atoms with Crippen molar-refractivity contribution in [3.8, 4) is 0 Å². The van der Waals surface area contributed by atoms with Crippen LogP contribution in [0.4, 0.5) is 0 Å². The maximum Gasteiger partial charge on any atom is 0.108 e. The van der Waals surface area contributed by atoms with Gasteiger partial charge in [0, 0.05) is 5.56 Å². The van der Waals surface area contributed by atoms with Gasteiger partial charge in [0.25, 0.3) is 0 Å². The molecule has 1 aromatic carbocycles. The molecule has 2 rings (SSSR count). The molecule has 2 nitrogen and oxygen atoms in total. The van der Waals surface area contributed by atoms with Gasteiger partial charge in [0.15, 0.2) is 0 Å². The molecule has 19 heavy (non-hydrogen) atoms. The highest BCUT2D eigenvalue weighted by Crippen LogP contribution is 2.34. The fourth-order valence-corrected chi connectivity index (χ4v) is 2.98. The second-order valence-corrected chi connectivity index (χ2v) is 5.47. The molecular weight excluding hydrogens is 236 g/mol. The standard InChI is InChI=1S/C17H22O2/c1-9-7-10(2)15(11(3)8-9)17(18)16-12(4)13(5)19-14(16)6/h7-8,17-18H,1-6H3. The van der Waals surface area contributed by atoms with Crippen LogP contribution >= 0.6 is 0 Å². The normalized spacial score (nSPS) is 12.8. The third-order valence-electron chi connectivity index (χ3n) is 3.90. The summed E-state index contributed by atoms with van der Waals surface area (Å²) in [5.41, 5.74) is 6.43. The lowest BCUT2D eigenvalue weighted by molar-refractivity contribution is 0.216. The van der Waals surface area contributed by atoms with Crippen molar-refractivity contribution in [2.24, 2.45) is 0 Å². The Morgan fingerprint density at radius 3 is 1.79 bits per heavy atom. The number of furan rings is 1. The highest BCUT2D eigenvalue weighted by molar-refractivity contribution is 5.46. The van der Waals surface area contributed by atoms with Gasteiger partial charge in [-0.05, 0) is 63.8 Å². The van der Waals surface area contributed by atoms with Gasteiger partial charge in [-0.3, -0.25) is 0 Å². The number of hydrogen-bond donors (Lipinski definition) is 1. The molecule has 2 aromatic rings. The Hall–Kier alpha value is -1.54. The first-order chi connectivity index (χ1) is 8.82. The van der Waals surface area contributed by atoms with E-state index in [1.54, 1.807) is 0 Å². The number of rotatable bonds is 2. The van der Waals surface area contributed by atoms with Crippen LogP contribution in [0.5, 0.6) is 0 Å². The van der Waals surface area contributed by atoms with Gasteiger partial charge in [0.1, 0.15) is 17.6 Å². The molecule has 1 unspecified atom stereocenters. The molecule has 1 atom stereocenters. The fourth-order valence-electron chi connectivity index (χ4n) is 2.98. The number of hydrogen-bond acceptors (Lipinski definition) is 2. The van der Waals surface area contributed by atoms with Gasteiger partial charge < -0.3 is 9.52 Å². The minimum Gasteiger partial charge on any atom is -0.466 e. The van der Waals surface area contributed by atoms with E-state index in [4.69, 9.17) is 4.42 Å². The summed E-state index contributed by atoms with van der Waals surface area (Å²) in [5.74, 6) is 1.69. The van der Waals surface area contributed by atoms with Crippen molar-refractivity contribution in [3.63, 3.8) is 0 Å². The zero-order chi connectivity index (χ0) is 14.3. The Labute approximate surface area is 115 Å². The summed E-state index contributed by atoms with van der Waals surface area (Å²) in [4.78, 5) is 0. The van der Waals surface area contributed by atoms with Crippen LogP contribution in [0.15, 0.2) is 16.5 Å². The van der Waals surface area contributed by atoms with E-state index in [0.717, 1.165) is 39.3 Å². The van der Waals surface area contributed by atoms with E-state index in [9.17, 15) is 5.11 Å². The van der Waals surface area contributed by atoms with Crippen molar-refractivity contribution in [2.75, 3.05) is 0 Å². The molecule has 0 aliphatic heterocycles. The number of aliphatic hydroxyl groups excluding tert-OH is 1. The molecule has 102 valence electrons. The predicted octanol–water partition coefficient (Wildman–Crippen LogP) is 4.21. The Morgan fingerprint density at radius 1 is 0.842 bits per heavy atom. The zero-order valence-electron chi connectivity index (χ0n) is 12.6. The minimum atomic E-state index is -0.613. The lowest BCUT2D eigenvalue weighted by Gasteiger charge is -2.18. The van der Waals surface area contributed by atoms with E-state index in [2.05, 4.69) is 32.9 Å². The molecule has 1 heterocycles. The van der Waals surface area contributed by atoms with E-state index in [0.29, 0.717) is 0 Å². The third-order valence-corrected chi connectivity index (χ3v) is 3.90. The smallest absolute Gasteiger partial charge is 0.108 e. The summed E-state index contributed by atoms with van der Waals surface area (Å²) in [6, 6.07) is 4.23. The number of aliphatic hydroxyl groups is 1. The Kier molecular flexibility index (Phi) is 3.55. The molecule has 2 heteroatoms. The first-order valence-electron chi connectivity index (χ1n) is 6.65. The Balaban J connectivity index is 2.59. The van der Waals surface area contributed by atoms with Gasteiger partial charge in [-0.2, -0.15) is 0 Å². The number of benzene rings is 1. The highest BCUT2D eigenvalue weighted by Gasteiger charge is 2.23. The fraction of sp³-hybridized carbons (Fsp3) is 0.412. The van der Waals surface area contributed by atoms with Crippen LogP contribution in [0.1, 0.15) is 51.0 Å². The predicted molar refractivity (Wildman–Crippen MR) is 77.6 cm³/mol. The Morgan fingerprint density at radius 2 is 1.37 bits per heavy atom. The van der Waals surface area contributed by atoms with E-state index in [1.165, 1.54) is 5.56 Å². The van der Waals surface area contributed by atoms with Crippen molar-refractivity contribution in [1.82, 2.24) is 0 Å². The molecule has 0 spiro atoms. The molecule has 0 aliphatic rings. The van der Waals surface area contributed by atoms with Crippen molar-refractivity contribution >= 4 is 0 Å². The average molecular weight is 258 g/mol. The van der Waals surface area contributed by atoms with E-state index in [-0.39, 0.29) is 0 Å². The van der Waals surface area contributed by atoms with Gasteiger partial charge in [0.05, 0.1) is 0 Å². The van der Waals surface area contributed by atoms with Gasteiger partial charge >= 0.3 is 0 Å². The molecule has 0 fully saturated rings. The second kappa shape index (κ2) is 4.86. The molecule has 0 aliphatic carbocycles. The monoisotopic (exact) mass is 258 g/mol. The van der Waals surface area contributed by atoms with Gasteiger partial charge in [-0.15, -0.1) is 0 Å². The van der Waals surface area contributed by atoms with E-state index in [1.807, 2.05) is 20.8 Å². The summed E-state index contributed by atoms with van der Waals surface area (Å²) >= 11 is 0. The van der Waals surface area contributed by atoms with Crippen LogP contribution in [0.2, 0.25) is 0 Å². The van der Waals surface area contributed by atoms with E-state index < -0.39 is 6.10 Å². The minimum absolute atomic E-state index is 0.613. The molecule has 0 saturated carbocycles. The second-order valence-electron chi connectivity index (χ2n) is 5.47. The lowest BCUT2D eigenvalue weighted by Crippen LogP contribution is -2.07. The first-order valence-corrected chi connectivity index (χ1v) is 6.65. The molecule has 0 radical (unpaired) electrons. The molecule has 1 N–H and O–H groups in total. The van der Waals surface area contributed by atoms with Crippen LogP contribution in [-0.2, 0) is 0 Å². The molecule has 0 saturated heterocycles. The lowest BCUT2D eigenvalue weighted by atomic mass is 9.90. The first kappa shape index (κ1) is 13.9. The zero-order valence-corrected chi connectivity index (χ0v) is 12.6. The maximum atomic E-state index is 10.8. The van der Waals surface area contributed by atoms with Crippen LogP contribution in [0.25, 0.3) is 0 Å². The maximum absolute atomic E-state index is 10.8. The van der Waals surface area contributed by atoms with Gasteiger partial charge in [-0.25, -0.2) is 0 Å². The average Bonchev–Trinajstić information content (AvgIpc) is 2.51. The van der Waals surface area contributed by atoms with Crippen LogP contribution < -0.4 is 0 Å². The third kappa shape index (κ3) is 2.33. The quantitative estimate of drug-likeness (QED) is 0.875. The van der Waals surface area contributed by atoms with Crippen LogP contribution in [0, 0.1) is 41.5 Å². The largest absolute Gasteiger partial charge is 0.466 e. The summed E-state index contributed by atoms with van der Waals surface area (Å²) < 4.78 is 5.63. The van der Waals surface area contributed by atoms with Crippen molar-refractivity contribution in [2.45, 2.75) is 47.6 Å². The summed E-state index contributed by atoms with van der Waals surface area (Å²) in [6.07, 6.45) is -0.613. The van der Waals surface area contributed by atoms with Gasteiger partial charge in [-0.1, -0.05) is 17.7 Å². The molecule has 0 bridgehead atoms. The Bertz CT molecular complexity index is 597. The highest BCUT2D eigenvalue weighted by atomic mass is 16.3. The summed E-state index contributed by atoms with van der Waals surface area (Å²) in [5, 5.41) is 10.8. The topological polar surface area (TPSA) is 33.4 Å². The summed E-state index contributed by atoms with van der Waals surface area (Å²) in [6.45, 7) is 12.0. The van der Waals surface area contributed by atoms with Crippen molar-refractivity contribution < 1.29 is 9.52 Å². The SMILES string of the molecule is Cc1cc(C)c(C(O)c2c(C)oc(C)c2C)c(C)c1. The molecular formula is C17H22O2.